The van der Waals surface area contributed by atoms with E-state index in [9.17, 15) is 18.8 Å². The number of carbonyl (C=O) groups excluding carboxylic acids is 3. The zero-order valence-electron chi connectivity index (χ0n) is 13.1. The minimum absolute atomic E-state index is 0.0382. The van der Waals surface area contributed by atoms with Crippen LogP contribution in [0.2, 0.25) is 10.0 Å². The smallest absolute Gasteiger partial charge is 0.325 e. The third-order valence-corrected chi connectivity index (χ3v) is 3.44. The quantitative estimate of drug-likeness (QED) is 0.726. The van der Waals surface area contributed by atoms with Crippen molar-refractivity contribution in [2.75, 3.05) is 18.5 Å². The van der Waals surface area contributed by atoms with Crippen molar-refractivity contribution in [3.63, 3.8) is 0 Å². The van der Waals surface area contributed by atoms with Gasteiger partial charge in [-0.1, -0.05) is 23.2 Å². The van der Waals surface area contributed by atoms with Crippen LogP contribution in [0.5, 0.6) is 0 Å². The number of nitrogens with one attached hydrogen (secondary N) is 2. The number of hydrogen-bond acceptors (Lipinski definition) is 5. The summed E-state index contributed by atoms with van der Waals surface area (Å²) in [4.78, 5) is 38.8. The molecule has 1 aromatic heterocycles. The molecule has 136 valence electrons. The molecule has 2 aromatic rings. The molecule has 10 heteroatoms. The third-order valence-electron chi connectivity index (χ3n) is 2.92. The molecule has 7 nitrogen and oxygen atoms in total. The van der Waals surface area contributed by atoms with Crippen LogP contribution in [0, 0.1) is 5.82 Å². The summed E-state index contributed by atoms with van der Waals surface area (Å²) in [5, 5.41) is 4.84. The van der Waals surface area contributed by atoms with Crippen LogP contribution in [-0.2, 0) is 14.3 Å². The summed E-state index contributed by atoms with van der Waals surface area (Å²) < 4.78 is 17.7. The van der Waals surface area contributed by atoms with Crippen molar-refractivity contribution in [1.29, 1.82) is 0 Å². The second-order valence-corrected chi connectivity index (χ2v) is 5.72. The van der Waals surface area contributed by atoms with Crippen molar-refractivity contribution in [3.8, 4) is 0 Å². The number of ether oxygens (including phenoxy) is 1. The fourth-order valence-corrected chi connectivity index (χ4v) is 2.08. The summed E-state index contributed by atoms with van der Waals surface area (Å²) in [7, 11) is 0. The second kappa shape index (κ2) is 9.12. The number of hydrogen-bond donors (Lipinski definition) is 2. The second-order valence-electron chi connectivity index (χ2n) is 4.88. The highest BCUT2D eigenvalue weighted by Gasteiger charge is 2.12. The topological polar surface area (TPSA) is 97.4 Å². The number of aromatic nitrogens is 1. The number of amides is 2. The van der Waals surface area contributed by atoms with E-state index in [0.717, 1.165) is 6.07 Å². The largest absolute Gasteiger partial charge is 0.454 e. The van der Waals surface area contributed by atoms with Crippen molar-refractivity contribution in [2.45, 2.75) is 0 Å². The fourth-order valence-electron chi connectivity index (χ4n) is 1.74. The molecule has 0 saturated carbocycles. The lowest BCUT2D eigenvalue weighted by Gasteiger charge is -2.08. The van der Waals surface area contributed by atoms with Gasteiger partial charge in [-0.2, -0.15) is 0 Å². The van der Waals surface area contributed by atoms with Gasteiger partial charge in [0.25, 0.3) is 11.8 Å². The highest BCUT2D eigenvalue weighted by Crippen LogP contribution is 2.19. The summed E-state index contributed by atoms with van der Waals surface area (Å²) in [5.74, 6) is -2.72. The molecular weight excluding hydrogens is 388 g/mol. The Morgan fingerprint density at radius 2 is 1.92 bits per heavy atom. The molecule has 2 rings (SSSR count). The third kappa shape index (κ3) is 5.98. The molecule has 26 heavy (non-hydrogen) atoms. The lowest BCUT2D eigenvalue weighted by Crippen LogP contribution is -2.32. The SMILES string of the molecule is O=C(COC(=O)CNC(=O)c1cc(Cl)ccn1)Nc1ccc(F)c(Cl)c1. The van der Waals surface area contributed by atoms with E-state index in [2.05, 4.69) is 15.6 Å². The Labute approximate surface area is 157 Å². The standard InChI is InChI=1S/C16H12Cl2FN3O4/c17-9-3-4-20-13(5-9)16(25)21-7-15(24)26-8-14(23)22-10-1-2-12(19)11(18)6-10/h1-6H,7-8H2,(H,21,25)(H,22,23). The summed E-state index contributed by atoms with van der Waals surface area (Å²) >= 11 is 11.3. The van der Waals surface area contributed by atoms with E-state index >= 15 is 0 Å². The molecule has 0 bridgehead atoms. The van der Waals surface area contributed by atoms with E-state index in [0.29, 0.717) is 5.02 Å². The summed E-state index contributed by atoms with van der Waals surface area (Å²) in [6.45, 7) is -1.04. The first-order chi connectivity index (χ1) is 12.3. The van der Waals surface area contributed by atoms with Crippen LogP contribution in [-0.4, -0.2) is 35.9 Å². The van der Waals surface area contributed by atoms with Crippen LogP contribution in [0.4, 0.5) is 10.1 Å². The average Bonchev–Trinajstić information content (AvgIpc) is 2.61. The van der Waals surface area contributed by atoms with Crippen LogP contribution in [0.25, 0.3) is 0 Å². The van der Waals surface area contributed by atoms with E-state index in [1.165, 1.54) is 30.5 Å². The number of benzene rings is 1. The monoisotopic (exact) mass is 399 g/mol. The number of pyridine rings is 1. The number of halogens is 3. The van der Waals surface area contributed by atoms with Gasteiger partial charge in [0.05, 0.1) is 5.02 Å². The zero-order chi connectivity index (χ0) is 19.1. The number of esters is 1. The zero-order valence-corrected chi connectivity index (χ0v) is 14.6. The lowest BCUT2D eigenvalue weighted by atomic mass is 10.3. The van der Waals surface area contributed by atoms with Crippen LogP contribution >= 0.6 is 23.2 Å². The van der Waals surface area contributed by atoms with Crippen molar-refractivity contribution in [3.05, 3.63) is 58.1 Å². The molecule has 2 N–H and O–H groups in total. The van der Waals surface area contributed by atoms with E-state index in [-0.39, 0.29) is 16.4 Å². The van der Waals surface area contributed by atoms with Gasteiger partial charge in [0.1, 0.15) is 18.1 Å². The maximum atomic E-state index is 13.0. The van der Waals surface area contributed by atoms with Crippen molar-refractivity contribution in [2.24, 2.45) is 0 Å². The van der Waals surface area contributed by atoms with Gasteiger partial charge in [-0.25, -0.2) is 4.39 Å². The van der Waals surface area contributed by atoms with Gasteiger partial charge in [0, 0.05) is 16.9 Å². The maximum Gasteiger partial charge on any atom is 0.325 e. The normalized spacial score (nSPS) is 10.1. The summed E-state index contributed by atoms with van der Waals surface area (Å²) in [5.41, 5.74) is 0.286. The Kier molecular flexibility index (Phi) is 6.88. The molecule has 0 unspecified atom stereocenters. The predicted molar refractivity (Wildman–Crippen MR) is 92.6 cm³/mol. The summed E-state index contributed by atoms with van der Waals surface area (Å²) in [6, 6.07) is 6.44. The Balaban J connectivity index is 1.74. The van der Waals surface area contributed by atoms with Crippen LogP contribution in [0.15, 0.2) is 36.5 Å². The predicted octanol–water partition coefficient (Wildman–Crippen LogP) is 2.44. The number of anilines is 1. The maximum absolute atomic E-state index is 13.0. The fraction of sp³-hybridized carbons (Fsp3) is 0.125. The number of carbonyl (C=O) groups is 3. The van der Waals surface area contributed by atoms with Crippen molar-refractivity contribution < 1.29 is 23.5 Å². The molecule has 1 heterocycles. The molecule has 0 aliphatic rings. The highest BCUT2D eigenvalue weighted by molar-refractivity contribution is 6.31. The minimum Gasteiger partial charge on any atom is -0.454 e. The van der Waals surface area contributed by atoms with E-state index in [4.69, 9.17) is 27.9 Å². The van der Waals surface area contributed by atoms with Crippen LogP contribution in [0.1, 0.15) is 10.5 Å². The number of rotatable bonds is 6. The van der Waals surface area contributed by atoms with Gasteiger partial charge in [-0.15, -0.1) is 0 Å². The van der Waals surface area contributed by atoms with E-state index in [1.54, 1.807) is 0 Å². The summed E-state index contributed by atoms with van der Waals surface area (Å²) in [6.07, 6.45) is 1.35. The van der Waals surface area contributed by atoms with Crippen LogP contribution < -0.4 is 10.6 Å². The molecule has 0 radical (unpaired) electrons. The Hall–Kier alpha value is -2.71. The average molecular weight is 400 g/mol. The Bertz CT molecular complexity index is 848. The molecule has 0 spiro atoms. The Morgan fingerprint density at radius 3 is 2.62 bits per heavy atom. The van der Waals surface area contributed by atoms with Crippen LogP contribution in [0.3, 0.4) is 0 Å². The first kappa shape index (κ1) is 19.6. The number of nitrogens with zero attached hydrogens (tertiary/aromatic N) is 1. The van der Waals surface area contributed by atoms with Gasteiger partial charge in [0.15, 0.2) is 6.61 Å². The van der Waals surface area contributed by atoms with Gasteiger partial charge >= 0.3 is 5.97 Å². The molecule has 0 aliphatic heterocycles. The van der Waals surface area contributed by atoms with Gasteiger partial charge in [0.2, 0.25) is 0 Å². The molecule has 1 aromatic carbocycles. The molecule has 0 saturated heterocycles. The first-order valence-corrected chi connectivity index (χ1v) is 7.91. The van der Waals surface area contributed by atoms with E-state index in [1.807, 2.05) is 0 Å². The van der Waals surface area contributed by atoms with E-state index < -0.39 is 36.8 Å². The molecule has 0 aliphatic carbocycles. The highest BCUT2D eigenvalue weighted by atomic mass is 35.5. The Morgan fingerprint density at radius 1 is 1.15 bits per heavy atom. The molecular formula is C16H12Cl2FN3O4. The molecule has 2 amide bonds. The first-order valence-electron chi connectivity index (χ1n) is 7.15. The molecule has 0 fully saturated rings. The lowest BCUT2D eigenvalue weighted by molar-refractivity contribution is -0.146. The van der Waals surface area contributed by atoms with Gasteiger partial charge < -0.3 is 15.4 Å². The van der Waals surface area contributed by atoms with Crippen molar-refractivity contribution in [1.82, 2.24) is 10.3 Å². The van der Waals surface area contributed by atoms with Gasteiger partial charge in [-0.3, -0.25) is 19.4 Å². The van der Waals surface area contributed by atoms with Crippen molar-refractivity contribution >= 4 is 46.7 Å². The molecule has 0 atom stereocenters. The van der Waals surface area contributed by atoms with Gasteiger partial charge in [-0.05, 0) is 30.3 Å². The minimum atomic E-state index is -0.826.